The summed E-state index contributed by atoms with van der Waals surface area (Å²) in [5.41, 5.74) is 0.478. The molecule has 0 fully saturated rings. The van der Waals surface area contributed by atoms with Gasteiger partial charge in [0.05, 0.1) is 0 Å². The number of carboxylic acid groups (broad SMARTS) is 1. The molecule has 1 N–H and O–H groups in total. The number of carbonyl (C=O) groups excluding carboxylic acids is 1. The average molecular weight is 266 g/mol. The zero-order valence-corrected chi connectivity index (χ0v) is 10.5. The van der Waals surface area contributed by atoms with Crippen molar-refractivity contribution in [1.82, 2.24) is 4.90 Å². The van der Waals surface area contributed by atoms with E-state index in [0.29, 0.717) is 5.69 Å². The van der Waals surface area contributed by atoms with Gasteiger partial charge in [0.1, 0.15) is 12.4 Å². The van der Waals surface area contributed by atoms with Gasteiger partial charge in [0.15, 0.2) is 0 Å². The number of rotatable bonds is 5. The number of carboxylic acids is 1. The molecule has 0 heterocycles. The maximum atomic E-state index is 12.8. The Morgan fingerprint density at radius 3 is 2.42 bits per heavy atom. The number of carbonyl (C=O) groups is 2. The fraction of sp³-hybridized carbons (Fsp3) is 0.231. The number of hydrogen-bond donors (Lipinski definition) is 1. The van der Waals surface area contributed by atoms with E-state index in [1.807, 2.05) is 0 Å². The van der Waals surface area contributed by atoms with Crippen LogP contribution >= 0.6 is 0 Å². The summed E-state index contributed by atoms with van der Waals surface area (Å²) in [4.78, 5) is 25.2. The van der Waals surface area contributed by atoms with Crippen LogP contribution < -0.4 is 4.90 Å². The summed E-state index contributed by atoms with van der Waals surface area (Å²) < 4.78 is 12.8. The number of anilines is 1. The normalized spacial score (nSPS) is 9.79. The third kappa shape index (κ3) is 4.09. The second kappa shape index (κ2) is 6.53. The lowest BCUT2D eigenvalue weighted by atomic mass is 10.3. The third-order valence-electron chi connectivity index (χ3n) is 2.45. The van der Waals surface area contributed by atoms with E-state index in [2.05, 4.69) is 6.58 Å². The Kier molecular flexibility index (Phi) is 5.05. The van der Waals surface area contributed by atoms with E-state index in [1.165, 1.54) is 42.3 Å². The minimum atomic E-state index is -1.11. The SMILES string of the molecule is C=CCN(CC(=O)O)C(=O)N(C)c1ccc(F)cc1. The molecule has 0 unspecified atom stereocenters. The molecule has 0 atom stereocenters. The van der Waals surface area contributed by atoms with E-state index in [0.717, 1.165) is 4.90 Å². The zero-order chi connectivity index (χ0) is 14.4. The van der Waals surface area contributed by atoms with Crippen LogP contribution in [0.15, 0.2) is 36.9 Å². The minimum absolute atomic E-state index is 0.122. The fourth-order valence-electron chi connectivity index (χ4n) is 1.52. The van der Waals surface area contributed by atoms with Crippen molar-refractivity contribution in [3.63, 3.8) is 0 Å². The first-order chi connectivity index (χ1) is 8.95. The Balaban J connectivity index is 2.85. The Hall–Kier alpha value is -2.37. The number of amides is 2. The maximum Gasteiger partial charge on any atom is 0.325 e. The molecule has 1 aromatic carbocycles. The van der Waals surface area contributed by atoms with Gasteiger partial charge in [-0.15, -0.1) is 6.58 Å². The van der Waals surface area contributed by atoms with Crippen LogP contribution in [-0.2, 0) is 4.79 Å². The van der Waals surface area contributed by atoms with Crippen molar-refractivity contribution in [3.8, 4) is 0 Å². The van der Waals surface area contributed by atoms with Crippen LogP contribution in [0.1, 0.15) is 0 Å². The summed E-state index contributed by atoms with van der Waals surface area (Å²) in [6.07, 6.45) is 1.44. The lowest BCUT2D eigenvalue weighted by Crippen LogP contribution is -2.43. The standard InChI is InChI=1S/C13H15FN2O3/c1-3-8-16(9-12(17)18)13(19)15(2)11-6-4-10(14)5-7-11/h3-7H,1,8-9H2,2H3,(H,17,18). The summed E-state index contributed by atoms with van der Waals surface area (Å²) in [6.45, 7) is 3.18. The molecular formula is C13H15FN2O3. The molecule has 1 rings (SSSR count). The largest absolute Gasteiger partial charge is 0.480 e. The molecule has 0 saturated heterocycles. The van der Waals surface area contributed by atoms with E-state index < -0.39 is 24.4 Å². The predicted octanol–water partition coefficient (Wildman–Crippen LogP) is 1.95. The lowest BCUT2D eigenvalue weighted by Gasteiger charge is -2.26. The van der Waals surface area contributed by atoms with Crippen molar-refractivity contribution >= 4 is 17.7 Å². The van der Waals surface area contributed by atoms with Crippen LogP contribution in [0.2, 0.25) is 0 Å². The van der Waals surface area contributed by atoms with Crippen molar-refractivity contribution in [2.24, 2.45) is 0 Å². The lowest BCUT2D eigenvalue weighted by molar-refractivity contribution is -0.137. The summed E-state index contributed by atoms with van der Waals surface area (Å²) in [6, 6.07) is 4.86. The monoisotopic (exact) mass is 266 g/mol. The smallest absolute Gasteiger partial charge is 0.325 e. The van der Waals surface area contributed by atoms with Crippen molar-refractivity contribution in [3.05, 3.63) is 42.7 Å². The number of benzene rings is 1. The summed E-state index contributed by atoms with van der Waals surface area (Å²) in [5.74, 6) is -1.51. The van der Waals surface area contributed by atoms with E-state index in [1.54, 1.807) is 0 Å². The maximum absolute atomic E-state index is 12.8. The second-order valence-electron chi connectivity index (χ2n) is 3.88. The Morgan fingerprint density at radius 1 is 1.37 bits per heavy atom. The molecule has 0 saturated carbocycles. The number of nitrogens with zero attached hydrogens (tertiary/aromatic N) is 2. The predicted molar refractivity (Wildman–Crippen MR) is 69.6 cm³/mol. The summed E-state index contributed by atoms with van der Waals surface area (Å²) >= 11 is 0. The first kappa shape index (κ1) is 14.7. The highest BCUT2D eigenvalue weighted by Gasteiger charge is 2.20. The third-order valence-corrected chi connectivity index (χ3v) is 2.45. The number of aliphatic carboxylic acids is 1. The van der Waals surface area contributed by atoms with Gasteiger partial charge in [0, 0.05) is 19.3 Å². The molecule has 0 radical (unpaired) electrons. The second-order valence-corrected chi connectivity index (χ2v) is 3.88. The van der Waals surface area contributed by atoms with Gasteiger partial charge in [-0.1, -0.05) is 6.08 Å². The first-order valence-electron chi connectivity index (χ1n) is 5.56. The molecule has 5 nitrogen and oxygen atoms in total. The summed E-state index contributed by atoms with van der Waals surface area (Å²) in [5, 5.41) is 8.75. The van der Waals surface area contributed by atoms with Crippen LogP contribution in [0.4, 0.5) is 14.9 Å². The molecule has 6 heteroatoms. The van der Waals surface area contributed by atoms with Gasteiger partial charge in [0.2, 0.25) is 0 Å². The molecule has 1 aromatic rings. The van der Waals surface area contributed by atoms with Crippen molar-refractivity contribution < 1.29 is 19.1 Å². The number of halogens is 1. The fourth-order valence-corrected chi connectivity index (χ4v) is 1.52. The highest BCUT2D eigenvalue weighted by Crippen LogP contribution is 2.14. The van der Waals surface area contributed by atoms with E-state index in [-0.39, 0.29) is 6.54 Å². The van der Waals surface area contributed by atoms with Crippen molar-refractivity contribution in [2.75, 3.05) is 25.0 Å². The van der Waals surface area contributed by atoms with Crippen molar-refractivity contribution in [2.45, 2.75) is 0 Å². The number of urea groups is 1. The Bertz CT molecular complexity index is 473. The van der Waals surface area contributed by atoms with Crippen LogP contribution in [0.25, 0.3) is 0 Å². The van der Waals surface area contributed by atoms with Gasteiger partial charge >= 0.3 is 12.0 Å². The van der Waals surface area contributed by atoms with Crippen LogP contribution in [0.3, 0.4) is 0 Å². The highest BCUT2D eigenvalue weighted by atomic mass is 19.1. The number of hydrogen-bond acceptors (Lipinski definition) is 2. The highest BCUT2D eigenvalue weighted by molar-refractivity contribution is 5.93. The Morgan fingerprint density at radius 2 is 1.95 bits per heavy atom. The molecule has 0 aliphatic rings. The molecule has 0 spiro atoms. The van der Waals surface area contributed by atoms with E-state index in [4.69, 9.17) is 5.11 Å². The quantitative estimate of drug-likeness (QED) is 0.829. The molecule has 19 heavy (non-hydrogen) atoms. The van der Waals surface area contributed by atoms with Gasteiger partial charge in [-0.3, -0.25) is 9.69 Å². The van der Waals surface area contributed by atoms with Gasteiger partial charge < -0.3 is 10.0 Å². The van der Waals surface area contributed by atoms with Crippen LogP contribution in [-0.4, -0.2) is 42.1 Å². The van der Waals surface area contributed by atoms with Crippen LogP contribution in [0.5, 0.6) is 0 Å². The Labute approximate surface area is 110 Å². The first-order valence-corrected chi connectivity index (χ1v) is 5.56. The molecule has 0 bridgehead atoms. The molecule has 2 amide bonds. The van der Waals surface area contributed by atoms with E-state index in [9.17, 15) is 14.0 Å². The van der Waals surface area contributed by atoms with Gasteiger partial charge in [-0.2, -0.15) is 0 Å². The topological polar surface area (TPSA) is 60.9 Å². The van der Waals surface area contributed by atoms with Gasteiger partial charge in [0.25, 0.3) is 0 Å². The van der Waals surface area contributed by atoms with Crippen molar-refractivity contribution in [1.29, 1.82) is 0 Å². The van der Waals surface area contributed by atoms with Gasteiger partial charge in [-0.25, -0.2) is 9.18 Å². The molecular weight excluding hydrogens is 251 g/mol. The zero-order valence-electron chi connectivity index (χ0n) is 10.5. The summed E-state index contributed by atoms with van der Waals surface area (Å²) in [7, 11) is 1.49. The molecule has 0 aliphatic carbocycles. The molecule has 102 valence electrons. The molecule has 0 aliphatic heterocycles. The van der Waals surface area contributed by atoms with E-state index >= 15 is 0 Å². The van der Waals surface area contributed by atoms with Gasteiger partial charge in [-0.05, 0) is 24.3 Å². The molecule has 0 aromatic heterocycles. The average Bonchev–Trinajstić information content (AvgIpc) is 2.37. The van der Waals surface area contributed by atoms with Crippen LogP contribution in [0, 0.1) is 5.82 Å². The minimum Gasteiger partial charge on any atom is -0.480 e.